The topological polar surface area (TPSA) is 70.2 Å². The maximum atomic E-state index is 12.1. The third-order valence-corrected chi connectivity index (χ3v) is 3.48. The summed E-state index contributed by atoms with van der Waals surface area (Å²) in [6.07, 6.45) is 0.698. The van der Waals surface area contributed by atoms with Crippen molar-refractivity contribution in [1.29, 1.82) is 0 Å². The van der Waals surface area contributed by atoms with E-state index in [1.165, 1.54) is 0 Å². The van der Waals surface area contributed by atoms with E-state index in [0.29, 0.717) is 6.42 Å². The molecule has 0 saturated heterocycles. The predicted molar refractivity (Wildman–Crippen MR) is 73.8 cm³/mol. The van der Waals surface area contributed by atoms with Crippen LogP contribution in [0.2, 0.25) is 0 Å². The molecule has 0 aromatic heterocycles. The molecule has 19 heavy (non-hydrogen) atoms. The highest BCUT2D eigenvalue weighted by Crippen LogP contribution is 2.28. The highest BCUT2D eigenvalue weighted by Gasteiger charge is 2.30. The third-order valence-electron chi connectivity index (χ3n) is 3.48. The van der Waals surface area contributed by atoms with Crippen LogP contribution in [0.5, 0.6) is 0 Å². The SMILES string of the molecule is CNC(=O)CNC(=O)C1Cc2ccccc2NC1C. The minimum Gasteiger partial charge on any atom is -0.382 e. The van der Waals surface area contributed by atoms with Crippen LogP contribution < -0.4 is 16.0 Å². The van der Waals surface area contributed by atoms with Gasteiger partial charge in [0.1, 0.15) is 0 Å². The molecular formula is C14H19N3O2. The fourth-order valence-corrected chi connectivity index (χ4v) is 2.31. The van der Waals surface area contributed by atoms with Crippen LogP contribution in [0.1, 0.15) is 12.5 Å². The molecule has 2 atom stereocenters. The molecule has 1 heterocycles. The third kappa shape index (κ3) is 3.05. The van der Waals surface area contributed by atoms with Crippen LogP contribution in [0, 0.1) is 5.92 Å². The van der Waals surface area contributed by atoms with Crippen molar-refractivity contribution in [2.45, 2.75) is 19.4 Å². The monoisotopic (exact) mass is 261 g/mol. The van der Waals surface area contributed by atoms with Crippen LogP contribution in [-0.4, -0.2) is 31.4 Å². The minimum absolute atomic E-state index is 0.0280. The van der Waals surface area contributed by atoms with Gasteiger partial charge in [0.15, 0.2) is 0 Å². The van der Waals surface area contributed by atoms with E-state index in [1.807, 2.05) is 31.2 Å². The Balaban J connectivity index is 2.01. The second-order valence-electron chi connectivity index (χ2n) is 4.79. The maximum absolute atomic E-state index is 12.1. The Morgan fingerprint density at radius 3 is 2.84 bits per heavy atom. The lowest BCUT2D eigenvalue weighted by molar-refractivity contribution is -0.128. The molecule has 0 radical (unpaired) electrons. The molecule has 1 aromatic rings. The van der Waals surface area contributed by atoms with Crippen molar-refractivity contribution in [2.24, 2.45) is 5.92 Å². The molecular weight excluding hydrogens is 242 g/mol. The lowest BCUT2D eigenvalue weighted by atomic mass is 9.87. The Morgan fingerprint density at radius 2 is 2.11 bits per heavy atom. The van der Waals surface area contributed by atoms with E-state index >= 15 is 0 Å². The van der Waals surface area contributed by atoms with Gasteiger partial charge in [-0.05, 0) is 25.0 Å². The van der Waals surface area contributed by atoms with Crippen LogP contribution in [0.25, 0.3) is 0 Å². The Labute approximate surface area is 112 Å². The fraction of sp³-hybridized carbons (Fsp3) is 0.429. The number of para-hydroxylation sites is 1. The van der Waals surface area contributed by atoms with E-state index in [0.717, 1.165) is 11.3 Å². The summed E-state index contributed by atoms with van der Waals surface area (Å²) < 4.78 is 0. The summed E-state index contributed by atoms with van der Waals surface area (Å²) in [5.74, 6) is -0.428. The lowest BCUT2D eigenvalue weighted by Crippen LogP contribution is -2.45. The highest BCUT2D eigenvalue weighted by atomic mass is 16.2. The van der Waals surface area contributed by atoms with Crippen molar-refractivity contribution in [3.05, 3.63) is 29.8 Å². The highest BCUT2D eigenvalue weighted by molar-refractivity contribution is 5.86. The largest absolute Gasteiger partial charge is 0.382 e. The number of nitrogens with one attached hydrogen (secondary N) is 3. The predicted octanol–water partition coefficient (Wildman–Crippen LogP) is 0.522. The molecule has 5 heteroatoms. The van der Waals surface area contributed by atoms with Gasteiger partial charge >= 0.3 is 0 Å². The van der Waals surface area contributed by atoms with E-state index in [9.17, 15) is 9.59 Å². The number of carbonyl (C=O) groups is 2. The van der Waals surface area contributed by atoms with Crippen molar-refractivity contribution in [3.63, 3.8) is 0 Å². The van der Waals surface area contributed by atoms with Crippen LogP contribution in [0.15, 0.2) is 24.3 Å². The number of amides is 2. The van der Waals surface area contributed by atoms with Gasteiger partial charge in [-0.2, -0.15) is 0 Å². The first-order valence-electron chi connectivity index (χ1n) is 6.44. The number of fused-ring (bicyclic) bond motifs is 1. The number of carbonyl (C=O) groups excluding carboxylic acids is 2. The van der Waals surface area contributed by atoms with E-state index < -0.39 is 0 Å². The first-order valence-corrected chi connectivity index (χ1v) is 6.44. The molecule has 102 valence electrons. The van der Waals surface area contributed by atoms with Crippen LogP contribution in [0.3, 0.4) is 0 Å². The fourth-order valence-electron chi connectivity index (χ4n) is 2.31. The van der Waals surface area contributed by atoms with E-state index in [-0.39, 0.29) is 30.3 Å². The van der Waals surface area contributed by atoms with Crippen molar-refractivity contribution in [3.8, 4) is 0 Å². The number of rotatable bonds is 3. The Morgan fingerprint density at radius 1 is 1.37 bits per heavy atom. The second kappa shape index (κ2) is 5.73. The molecule has 2 unspecified atom stereocenters. The minimum atomic E-state index is -0.190. The maximum Gasteiger partial charge on any atom is 0.239 e. The number of anilines is 1. The van der Waals surface area contributed by atoms with Gasteiger partial charge in [-0.15, -0.1) is 0 Å². The van der Waals surface area contributed by atoms with Crippen LogP contribution in [-0.2, 0) is 16.0 Å². The summed E-state index contributed by atoms with van der Waals surface area (Å²) in [5, 5.41) is 8.49. The molecule has 1 aliphatic rings. The summed E-state index contributed by atoms with van der Waals surface area (Å²) >= 11 is 0. The van der Waals surface area contributed by atoms with Gasteiger partial charge < -0.3 is 16.0 Å². The number of hydrogen-bond donors (Lipinski definition) is 3. The van der Waals surface area contributed by atoms with Gasteiger partial charge in [0.2, 0.25) is 11.8 Å². The average molecular weight is 261 g/mol. The van der Waals surface area contributed by atoms with E-state index in [2.05, 4.69) is 16.0 Å². The molecule has 1 aliphatic heterocycles. The van der Waals surface area contributed by atoms with E-state index in [1.54, 1.807) is 7.05 Å². The number of likely N-dealkylation sites (N-methyl/N-ethyl adjacent to an activating group) is 1. The number of benzene rings is 1. The molecule has 1 aromatic carbocycles. The second-order valence-corrected chi connectivity index (χ2v) is 4.79. The molecule has 0 fully saturated rings. The van der Waals surface area contributed by atoms with Gasteiger partial charge in [-0.1, -0.05) is 18.2 Å². The Bertz CT molecular complexity index is 487. The standard InChI is InChI=1S/C14H19N3O2/c1-9-11(14(19)16-8-13(18)15-2)7-10-5-3-4-6-12(10)17-9/h3-6,9,11,17H,7-8H2,1-2H3,(H,15,18)(H,16,19). The van der Waals surface area contributed by atoms with Gasteiger partial charge in [0, 0.05) is 18.8 Å². The molecule has 0 aliphatic carbocycles. The quantitative estimate of drug-likeness (QED) is 0.743. The van der Waals surface area contributed by atoms with Crippen molar-refractivity contribution in [2.75, 3.05) is 18.9 Å². The summed E-state index contributed by atoms with van der Waals surface area (Å²) in [6, 6.07) is 8.04. The van der Waals surface area contributed by atoms with Crippen LogP contribution in [0.4, 0.5) is 5.69 Å². The summed E-state index contributed by atoms with van der Waals surface area (Å²) in [6.45, 7) is 2.01. The zero-order valence-corrected chi connectivity index (χ0v) is 11.2. The van der Waals surface area contributed by atoms with Gasteiger partial charge in [-0.3, -0.25) is 9.59 Å². The summed E-state index contributed by atoms with van der Waals surface area (Å²) in [7, 11) is 1.55. The average Bonchev–Trinajstić information content (AvgIpc) is 2.43. The molecule has 0 saturated carbocycles. The van der Waals surface area contributed by atoms with Crippen molar-refractivity contribution >= 4 is 17.5 Å². The van der Waals surface area contributed by atoms with Crippen molar-refractivity contribution < 1.29 is 9.59 Å². The molecule has 0 spiro atoms. The Hall–Kier alpha value is -2.04. The van der Waals surface area contributed by atoms with Gasteiger partial charge in [-0.25, -0.2) is 0 Å². The molecule has 2 amide bonds. The molecule has 3 N–H and O–H groups in total. The normalized spacial score (nSPS) is 20.9. The number of hydrogen-bond acceptors (Lipinski definition) is 3. The Kier molecular flexibility index (Phi) is 4.04. The zero-order chi connectivity index (χ0) is 13.8. The smallest absolute Gasteiger partial charge is 0.239 e. The molecule has 0 bridgehead atoms. The lowest BCUT2D eigenvalue weighted by Gasteiger charge is -2.31. The summed E-state index contributed by atoms with van der Waals surface area (Å²) in [5.41, 5.74) is 2.23. The molecule has 5 nitrogen and oxygen atoms in total. The van der Waals surface area contributed by atoms with E-state index in [4.69, 9.17) is 0 Å². The van der Waals surface area contributed by atoms with Gasteiger partial charge in [0.05, 0.1) is 12.5 Å². The van der Waals surface area contributed by atoms with Gasteiger partial charge in [0.25, 0.3) is 0 Å². The molecule has 2 rings (SSSR count). The van der Waals surface area contributed by atoms with Crippen LogP contribution >= 0.6 is 0 Å². The first kappa shape index (κ1) is 13.4. The zero-order valence-electron chi connectivity index (χ0n) is 11.2. The van der Waals surface area contributed by atoms with Crippen molar-refractivity contribution in [1.82, 2.24) is 10.6 Å². The summed E-state index contributed by atoms with van der Waals surface area (Å²) in [4.78, 5) is 23.2. The first-order chi connectivity index (χ1) is 9.11.